The number of hydrogen-bond acceptors (Lipinski definition) is 4. The number of guanidine groups is 1. The maximum Gasteiger partial charge on any atom is 0.191 e. The number of nitrogens with zero attached hydrogens (tertiary/aromatic N) is 2. The third kappa shape index (κ3) is 3.88. The van der Waals surface area contributed by atoms with E-state index in [1.807, 2.05) is 0 Å². The number of aliphatic imine (C=N–C) groups is 1. The maximum absolute atomic E-state index is 4.42. The maximum atomic E-state index is 4.42. The minimum atomic E-state index is 0. The van der Waals surface area contributed by atoms with Crippen molar-refractivity contribution in [1.29, 1.82) is 0 Å². The lowest BCUT2D eigenvalue weighted by molar-refractivity contribution is 0.702. The highest BCUT2D eigenvalue weighted by Crippen LogP contribution is 2.18. The largest absolute Gasteiger partial charge is 0.364 e. The van der Waals surface area contributed by atoms with E-state index in [-0.39, 0.29) is 24.0 Å². The molecule has 1 aromatic carbocycles. The third-order valence-corrected chi connectivity index (χ3v) is 3.45. The van der Waals surface area contributed by atoms with Gasteiger partial charge in [-0.3, -0.25) is 4.99 Å². The van der Waals surface area contributed by atoms with Gasteiger partial charge in [0.25, 0.3) is 0 Å². The van der Waals surface area contributed by atoms with Crippen molar-refractivity contribution >= 4 is 35.6 Å². The molecular weight excluding hydrogens is 363 g/mol. The number of benzene rings is 1. The number of halogens is 1. The second kappa shape index (κ2) is 7.52. The fourth-order valence-corrected chi connectivity index (χ4v) is 2.39. The molecule has 0 amide bonds. The van der Waals surface area contributed by atoms with Crippen LogP contribution in [0.5, 0.6) is 0 Å². The van der Waals surface area contributed by atoms with Crippen molar-refractivity contribution < 1.29 is 0 Å². The van der Waals surface area contributed by atoms with E-state index in [9.17, 15) is 0 Å². The molecule has 5 heteroatoms. The Bertz CT molecular complexity index is 490. The summed E-state index contributed by atoms with van der Waals surface area (Å²) in [5.74, 6) is 0.930. The average molecular weight is 384 g/mol. The van der Waals surface area contributed by atoms with E-state index in [1.165, 1.54) is 11.3 Å². The zero-order valence-electron chi connectivity index (χ0n) is 11.5. The van der Waals surface area contributed by atoms with Gasteiger partial charge in [0.2, 0.25) is 0 Å². The predicted molar refractivity (Wildman–Crippen MR) is 95.0 cm³/mol. The lowest BCUT2D eigenvalue weighted by atomic mass is 10.2. The van der Waals surface area contributed by atoms with Crippen molar-refractivity contribution in [1.82, 2.24) is 10.6 Å². The highest BCUT2D eigenvalue weighted by molar-refractivity contribution is 14.0. The van der Waals surface area contributed by atoms with E-state index in [0.717, 1.165) is 45.1 Å². The Morgan fingerprint density at radius 2 is 2.10 bits per heavy atom. The first-order valence-corrected chi connectivity index (χ1v) is 6.93. The van der Waals surface area contributed by atoms with Crippen LogP contribution in [0.1, 0.15) is 12.0 Å². The Kier molecular flexibility index (Phi) is 5.70. The summed E-state index contributed by atoms with van der Waals surface area (Å²) in [6, 6.07) is 8.71. The Balaban J connectivity index is 0.00000147. The molecule has 2 aliphatic heterocycles. The Labute approximate surface area is 137 Å². The summed E-state index contributed by atoms with van der Waals surface area (Å²) in [6.07, 6.45) is 5.56. The molecule has 3 rings (SSSR count). The van der Waals surface area contributed by atoms with Crippen molar-refractivity contribution in [2.45, 2.75) is 13.0 Å². The van der Waals surface area contributed by atoms with Gasteiger partial charge in [0, 0.05) is 38.4 Å². The van der Waals surface area contributed by atoms with Gasteiger partial charge in [-0.05, 0) is 24.1 Å². The molecule has 2 N–H and O–H groups in total. The summed E-state index contributed by atoms with van der Waals surface area (Å²) in [7, 11) is 0. The van der Waals surface area contributed by atoms with Gasteiger partial charge in [-0.1, -0.05) is 24.3 Å². The zero-order valence-corrected chi connectivity index (χ0v) is 13.8. The summed E-state index contributed by atoms with van der Waals surface area (Å²) >= 11 is 0. The molecule has 4 nitrogen and oxygen atoms in total. The quantitative estimate of drug-likeness (QED) is 0.620. The van der Waals surface area contributed by atoms with Crippen molar-refractivity contribution in [2.24, 2.45) is 4.99 Å². The van der Waals surface area contributed by atoms with Crippen molar-refractivity contribution in [3.05, 3.63) is 42.0 Å². The molecule has 0 unspecified atom stereocenters. The second-order valence-corrected chi connectivity index (χ2v) is 4.91. The van der Waals surface area contributed by atoms with Crippen LogP contribution < -0.4 is 15.5 Å². The molecule has 2 aliphatic rings. The molecule has 2 heterocycles. The van der Waals surface area contributed by atoms with Gasteiger partial charge in [0.05, 0.1) is 0 Å². The molecule has 0 bridgehead atoms. The molecule has 0 saturated carbocycles. The zero-order chi connectivity index (χ0) is 12.9. The monoisotopic (exact) mass is 384 g/mol. The fraction of sp³-hybridized carbons (Fsp3) is 0.400. The van der Waals surface area contributed by atoms with Crippen LogP contribution in [0.3, 0.4) is 0 Å². The Morgan fingerprint density at radius 3 is 2.85 bits per heavy atom. The van der Waals surface area contributed by atoms with Gasteiger partial charge >= 0.3 is 0 Å². The number of anilines is 1. The number of hydrogen-bond donors (Lipinski definition) is 2. The van der Waals surface area contributed by atoms with Crippen LogP contribution in [0.2, 0.25) is 0 Å². The topological polar surface area (TPSA) is 39.7 Å². The van der Waals surface area contributed by atoms with E-state index in [0.29, 0.717) is 0 Å². The lowest BCUT2D eigenvalue weighted by Gasteiger charge is -2.19. The molecule has 0 fully saturated rings. The van der Waals surface area contributed by atoms with Crippen LogP contribution in [0.15, 0.2) is 41.4 Å². The minimum Gasteiger partial charge on any atom is -0.364 e. The van der Waals surface area contributed by atoms with Gasteiger partial charge in [-0.15, -0.1) is 24.0 Å². The first-order chi connectivity index (χ1) is 9.42. The molecule has 0 radical (unpaired) electrons. The summed E-state index contributed by atoms with van der Waals surface area (Å²) in [4.78, 5) is 6.78. The van der Waals surface area contributed by atoms with Gasteiger partial charge in [0.1, 0.15) is 0 Å². The van der Waals surface area contributed by atoms with Gasteiger partial charge in [-0.2, -0.15) is 0 Å². The molecule has 20 heavy (non-hydrogen) atoms. The molecule has 1 aromatic rings. The summed E-state index contributed by atoms with van der Waals surface area (Å²) in [5.41, 5.74) is 2.59. The third-order valence-electron chi connectivity index (χ3n) is 3.45. The van der Waals surface area contributed by atoms with Gasteiger partial charge < -0.3 is 15.5 Å². The first kappa shape index (κ1) is 15.2. The Morgan fingerprint density at radius 1 is 1.25 bits per heavy atom. The number of nitrogens with one attached hydrogen (secondary N) is 2. The van der Waals surface area contributed by atoms with Crippen molar-refractivity contribution in [3.8, 4) is 0 Å². The van der Waals surface area contributed by atoms with E-state index in [1.54, 1.807) is 0 Å². The van der Waals surface area contributed by atoms with Crippen molar-refractivity contribution in [2.75, 3.05) is 31.1 Å². The predicted octanol–water partition coefficient (Wildman–Crippen LogP) is 2.12. The highest BCUT2D eigenvalue weighted by Gasteiger charge is 2.08. The standard InChI is InChI=1S/C15H20N4.HI/c1-2-10-19(9-1)14-6-3-5-13(11-14)12-18-15-16-7-4-8-17-15;/h1-3,5-6,11H,4,7-10,12H2,(H2,16,17,18);1H. The molecule has 0 saturated heterocycles. The van der Waals surface area contributed by atoms with E-state index >= 15 is 0 Å². The van der Waals surface area contributed by atoms with Crippen LogP contribution in [0.4, 0.5) is 5.69 Å². The van der Waals surface area contributed by atoms with Crippen LogP contribution in [0, 0.1) is 0 Å². The SMILES string of the molecule is C1=CCN(c2cccc(CNC3=NCCCN3)c2)C1.I. The van der Waals surface area contributed by atoms with Gasteiger partial charge in [0.15, 0.2) is 5.96 Å². The molecule has 0 aromatic heterocycles. The number of rotatable bonds is 3. The van der Waals surface area contributed by atoms with Crippen LogP contribution in [0.25, 0.3) is 0 Å². The molecule has 0 atom stereocenters. The normalized spacial score (nSPS) is 17.2. The van der Waals surface area contributed by atoms with E-state index in [4.69, 9.17) is 0 Å². The van der Waals surface area contributed by atoms with E-state index < -0.39 is 0 Å². The molecule has 0 spiro atoms. The molecule has 108 valence electrons. The smallest absolute Gasteiger partial charge is 0.191 e. The molecular formula is C15H21IN4. The fourth-order valence-electron chi connectivity index (χ4n) is 2.39. The van der Waals surface area contributed by atoms with E-state index in [2.05, 4.69) is 56.9 Å². The van der Waals surface area contributed by atoms with Gasteiger partial charge in [-0.25, -0.2) is 0 Å². The minimum absolute atomic E-state index is 0. The molecule has 0 aliphatic carbocycles. The van der Waals surface area contributed by atoms with Crippen LogP contribution in [-0.4, -0.2) is 32.1 Å². The second-order valence-electron chi connectivity index (χ2n) is 4.91. The highest BCUT2D eigenvalue weighted by atomic mass is 127. The van der Waals surface area contributed by atoms with Crippen LogP contribution >= 0.6 is 24.0 Å². The lowest BCUT2D eigenvalue weighted by Crippen LogP contribution is -2.40. The average Bonchev–Trinajstić information content (AvgIpc) is 3.01. The summed E-state index contributed by atoms with van der Waals surface area (Å²) in [5, 5.41) is 6.64. The summed E-state index contributed by atoms with van der Waals surface area (Å²) in [6.45, 7) is 4.80. The van der Waals surface area contributed by atoms with Crippen molar-refractivity contribution in [3.63, 3.8) is 0 Å². The summed E-state index contributed by atoms with van der Waals surface area (Å²) < 4.78 is 0. The first-order valence-electron chi connectivity index (χ1n) is 6.93. The Hall–Kier alpha value is -1.24. The van der Waals surface area contributed by atoms with Crippen LogP contribution in [-0.2, 0) is 6.54 Å².